The molecule has 0 fully saturated rings. The Morgan fingerprint density at radius 2 is 0.857 bits per heavy atom. The van der Waals surface area contributed by atoms with Gasteiger partial charge in [0.05, 0.1) is 6.61 Å². The van der Waals surface area contributed by atoms with E-state index >= 15 is 0 Å². The highest BCUT2D eigenvalue weighted by Gasteiger charge is 2.02. The van der Waals surface area contributed by atoms with E-state index in [0.717, 1.165) is 19.3 Å². The maximum atomic E-state index is 11.8. The molecule has 0 aliphatic rings. The lowest BCUT2D eigenvalue weighted by Crippen LogP contribution is -2.05. The van der Waals surface area contributed by atoms with Crippen LogP contribution in [0.1, 0.15) is 187 Å². The van der Waals surface area contributed by atoms with Crippen molar-refractivity contribution in [2.45, 2.75) is 187 Å². The zero-order valence-corrected chi connectivity index (χ0v) is 24.1. The Kier molecular flexibility index (Phi) is 30.5. The van der Waals surface area contributed by atoms with E-state index in [9.17, 15) is 4.79 Å². The fourth-order valence-electron chi connectivity index (χ4n) is 4.88. The number of ether oxygens (including phenoxy) is 1. The van der Waals surface area contributed by atoms with E-state index in [1.807, 2.05) is 6.08 Å². The summed E-state index contributed by atoms with van der Waals surface area (Å²) in [6.07, 6.45) is 38.8. The van der Waals surface area contributed by atoms with Crippen molar-refractivity contribution in [2.75, 3.05) is 6.61 Å². The Balaban J connectivity index is 3.13. The summed E-state index contributed by atoms with van der Waals surface area (Å²) in [6, 6.07) is 0. The molecule has 0 N–H and O–H groups in total. The Morgan fingerprint density at radius 1 is 0.514 bits per heavy atom. The van der Waals surface area contributed by atoms with E-state index in [1.54, 1.807) is 0 Å². The zero-order valence-electron chi connectivity index (χ0n) is 24.1. The number of allylic oxidation sites excluding steroid dienone is 1. The molecule has 2 heteroatoms. The van der Waals surface area contributed by atoms with Crippen LogP contribution in [0.2, 0.25) is 0 Å². The number of carbonyl (C=O) groups is 1. The number of carbonyl (C=O) groups excluding carboxylic acids is 1. The number of hydrogen-bond donors (Lipinski definition) is 0. The summed E-state index contributed by atoms with van der Waals surface area (Å²) in [4.78, 5) is 11.8. The third kappa shape index (κ3) is 31.2. The molecule has 2 nitrogen and oxygen atoms in total. The Hall–Kier alpha value is -0.790. The van der Waals surface area contributed by atoms with Crippen molar-refractivity contribution >= 4 is 5.97 Å². The summed E-state index contributed by atoms with van der Waals surface area (Å²) in [5.74, 6) is 0.0152. The minimum atomic E-state index is 0.0152. The van der Waals surface area contributed by atoms with Crippen molar-refractivity contribution < 1.29 is 9.53 Å². The molecule has 208 valence electrons. The molecule has 0 spiro atoms. The van der Waals surface area contributed by atoms with Gasteiger partial charge in [-0.25, -0.2) is 0 Å². The van der Waals surface area contributed by atoms with E-state index in [2.05, 4.69) is 13.5 Å². The number of hydrogen-bond acceptors (Lipinski definition) is 2. The second-order valence-corrected chi connectivity index (χ2v) is 10.9. The predicted octanol–water partition coefficient (Wildman–Crippen LogP) is 11.7. The van der Waals surface area contributed by atoms with Crippen molar-refractivity contribution in [1.82, 2.24) is 0 Å². The Labute approximate surface area is 221 Å². The lowest BCUT2D eigenvalue weighted by molar-refractivity contribution is -0.143. The average Bonchev–Trinajstić information content (AvgIpc) is 2.86. The Bertz CT molecular complexity index is 417. The largest absolute Gasteiger partial charge is 0.466 e. The van der Waals surface area contributed by atoms with Crippen LogP contribution in [-0.4, -0.2) is 12.6 Å². The van der Waals surface area contributed by atoms with Crippen molar-refractivity contribution in [3.8, 4) is 0 Å². The van der Waals surface area contributed by atoms with Crippen molar-refractivity contribution in [3.63, 3.8) is 0 Å². The topological polar surface area (TPSA) is 26.3 Å². The first kappa shape index (κ1) is 34.2. The highest BCUT2D eigenvalue weighted by atomic mass is 16.5. The Morgan fingerprint density at radius 3 is 1.26 bits per heavy atom. The molecule has 0 aliphatic carbocycles. The van der Waals surface area contributed by atoms with Gasteiger partial charge < -0.3 is 4.74 Å². The molecule has 0 radical (unpaired) electrons. The van der Waals surface area contributed by atoms with E-state index in [0.29, 0.717) is 13.0 Å². The van der Waals surface area contributed by atoms with Crippen LogP contribution in [0.3, 0.4) is 0 Å². The quantitative estimate of drug-likeness (QED) is 0.0566. The maximum absolute atomic E-state index is 11.8. The van der Waals surface area contributed by atoms with E-state index in [1.165, 1.54) is 154 Å². The summed E-state index contributed by atoms with van der Waals surface area (Å²) >= 11 is 0. The molecule has 0 atom stereocenters. The minimum absolute atomic E-state index is 0.0152. The molecular weight excluding hydrogens is 428 g/mol. The molecule has 0 amide bonds. The van der Waals surface area contributed by atoms with Gasteiger partial charge in [0.15, 0.2) is 0 Å². The third-order valence-electron chi connectivity index (χ3n) is 7.30. The molecule has 0 bridgehead atoms. The van der Waals surface area contributed by atoms with Crippen LogP contribution in [0.4, 0.5) is 0 Å². The van der Waals surface area contributed by atoms with Gasteiger partial charge in [-0.3, -0.25) is 4.79 Å². The van der Waals surface area contributed by atoms with E-state index in [-0.39, 0.29) is 5.97 Å². The van der Waals surface area contributed by atoms with Crippen LogP contribution in [0.15, 0.2) is 12.7 Å². The fraction of sp³-hybridized carbons (Fsp3) is 0.909. The van der Waals surface area contributed by atoms with Gasteiger partial charge in [-0.15, -0.1) is 6.58 Å². The number of unbranched alkanes of at least 4 members (excludes halogenated alkanes) is 25. The summed E-state index contributed by atoms with van der Waals surface area (Å²) in [6.45, 7) is 6.68. The van der Waals surface area contributed by atoms with Crippen molar-refractivity contribution in [1.29, 1.82) is 0 Å². The number of rotatable bonds is 30. The molecule has 0 rings (SSSR count). The van der Waals surface area contributed by atoms with Crippen LogP contribution in [0.25, 0.3) is 0 Å². The van der Waals surface area contributed by atoms with Gasteiger partial charge in [-0.2, -0.15) is 0 Å². The molecule has 0 unspecified atom stereocenters. The highest BCUT2D eigenvalue weighted by Crippen LogP contribution is 2.15. The van der Waals surface area contributed by atoms with Crippen LogP contribution in [0.5, 0.6) is 0 Å². The molecule has 0 aliphatic heterocycles. The highest BCUT2D eigenvalue weighted by molar-refractivity contribution is 5.69. The average molecular weight is 493 g/mol. The smallest absolute Gasteiger partial charge is 0.305 e. The lowest BCUT2D eigenvalue weighted by Gasteiger charge is -2.06. The van der Waals surface area contributed by atoms with E-state index in [4.69, 9.17) is 4.74 Å². The molecule has 35 heavy (non-hydrogen) atoms. The van der Waals surface area contributed by atoms with Gasteiger partial charge in [0.25, 0.3) is 0 Å². The van der Waals surface area contributed by atoms with Gasteiger partial charge in [0, 0.05) is 6.42 Å². The van der Waals surface area contributed by atoms with E-state index < -0.39 is 0 Å². The monoisotopic (exact) mass is 492 g/mol. The number of esters is 1. The first-order valence-electron chi connectivity index (χ1n) is 16.1. The van der Waals surface area contributed by atoms with Crippen LogP contribution in [0, 0.1) is 0 Å². The summed E-state index contributed by atoms with van der Waals surface area (Å²) in [5, 5.41) is 0. The van der Waals surface area contributed by atoms with Gasteiger partial charge in [-0.1, -0.05) is 161 Å². The standard InChI is InChI=1S/C33H64O2/c1-3-5-7-9-11-13-14-15-16-17-18-19-20-21-22-23-25-27-29-31-33(34)35-32-30-28-26-24-12-10-8-6-4-2/h4H,2-3,5-32H2,1H3. The first-order valence-corrected chi connectivity index (χ1v) is 16.1. The van der Waals surface area contributed by atoms with Crippen LogP contribution in [-0.2, 0) is 9.53 Å². The normalized spacial score (nSPS) is 11.1. The SMILES string of the molecule is C=CCCCCCCCCCOC(=O)CCCCCCCCCCCCCCCCCCCCC. The van der Waals surface area contributed by atoms with Crippen LogP contribution < -0.4 is 0 Å². The summed E-state index contributed by atoms with van der Waals surface area (Å²) < 4.78 is 5.39. The van der Waals surface area contributed by atoms with Crippen molar-refractivity contribution in [3.05, 3.63) is 12.7 Å². The lowest BCUT2D eigenvalue weighted by atomic mass is 10.0. The summed E-state index contributed by atoms with van der Waals surface area (Å²) in [7, 11) is 0. The molecule has 0 heterocycles. The van der Waals surface area contributed by atoms with Gasteiger partial charge in [0.2, 0.25) is 0 Å². The zero-order chi connectivity index (χ0) is 25.5. The molecule has 0 saturated heterocycles. The van der Waals surface area contributed by atoms with Gasteiger partial charge in [-0.05, 0) is 25.7 Å². The molecule has 0 saturated carbocycles. The molecular formula is C33H64O2. The first-order chi connectivity index (χ1) is 17.3. The third-order valence-corrected chi connectivity index (χ3v) is 7.30. The van der Waals surface area contributed by atoms with Gasteiger partial charge in [0.1, 0.15) is 0 Å². The minimum Gasteiger partial charge on any atom is -0.466 e. The second kappa shape index (κ2) is 31.2. The van der Waals surface area contributed by atoms with Gasteiger partial charge >= 0.3 is 5.97 Å². The summed E-state index contributed by atoms with van der Waals surface area (Å²) in [5.41, 5.74) is 0. The predicted molar refractivity (Wildman–Crippen MR) is 156 cm³/mol. The molecule has 0 aromatic rings. The second-order valence-electron chi connectivity index (χ2n) is 10.9. The maximum Gasteiger partial charge on any atom is 0.305 e. The molecule has 0 aromatic heterocycles. The van der Waals surface area contributed by atoms with Crippen molar-refractivity contribution in [2.24, 2.45) is 0 Å². The molecule has 0 aromatic carbocycles. The fourth-order valence-corrected chi connectivity index (χ4v) is 4.88. The van der Waals surface area contributed by atoms with Crippen LogP contribution >= 0.6 is 0 Å².